The lowest BCUT2D eigenvalue weighted by Gasteiger charge is -2.19. The summed E-state index contributed by atoms with van der Waals surface area (Å²) in [5.41, 5.74) is 0.453. The topological polar surface area (TPSA) is 23.5 Å². The minimum atomic E-state index is 0.393. The van der Waals surface area contributed by atoms with Crippen LogP contribution >= 0.6 is 0 Å². The van der Waals surface area contributed by atoms with Gasteiger partial charge in [-0.05, 0) is 32.9 Å². The zero-order chi connectivity index (χ0) is 7.19. The van der Waals surface area contributed by atoms with Crippen LogP contribution in [-0.4, -0.2) is 35.7 Å². The quantitative estimate of drug-likeness (QED) is 0.573. The van der Waals surface area contributed by atoms with Crippen molar-refractivity contribution in [3.8, 4) is 0 Å². The Hall–Kier alpha value is -0.0800. The van der Waals surface area contributed by atoms with Crippen LogP contribution in [0.25, 0.3) is 0 Å². The Morgan fingerprint density at radius 2 is 2.50 bits per heavy atom. The molecule has 0 aromatic rings. The van der Waals surface area contributed by atoms with Crippen LogP contribution in [0.1, 0.15) is 19.3 Å². The molecule has 2 unspecified atom stereocenters. The molecule has 2 rings (SSSR count). The molecule has 1 heterocycles. The van der Waals surface area contributed by atoms with Gasteiger partial charge >= 0.3 is 0 Å². The fraction of sp³-hybridized carbons (Fsp3) is 1.00. The molecule has 0 radical (unpaired) electrons. The van der Waals surface area contributed by atoms with E-state index in [1.54, 1.807) is 0 Å². The molecule has 1 aliphatic carbocycles. The Morgan fingerprint density at radius 3 is 2.90 bits per heavy atom. The first kappa shape index (κ1) is 6.62. The highest BCUT2D eigenvalue weighted by molar-refractivity contribution is 5.13. The zero-order valence-electron chi connectivity index (χ0n) is 6.51. The van der Waals surface area contributed by atoms with E-state index in [-0.39, 0.29) is 0 Å². The first-order valence-electron chi connectivity index (χ1n) is 4.12. The Balaban J connectivity index is 2.04. The lowest BCUT2D eigenvalue weighted by molar-refractivity contribution is 0.211. The lowest BCUT2D eigenvalue weighted by atomic mass is 10.1. The van der Waals surface area contributed by atoms with E-state index in [1.807, 2.05) is 0 Å². The van der Waals surface area contributed by atoms with Crippen LogP contribution in [0.15, 0.2) is 0 Å². The molecule has 2 fully saturated rings. The van der Waals surface area contributed by atoms with Crippen LogP contribution in [0.3, 0.4) is 0 Å². The van der Waals surface area contributed by atoms with Gasteiger partial charge in [-0.15, -0.1) is 0 Å². The maximum Gasteiger partial charge on any atom is 0.0477 e. The van der Waals surface area contributed by atoms with Crippen LogP contribution in [-0.2, 0) is 0 Å². The summed E-state index contributed by atoms with van der Waals surface area (Å²) >= 11 is 0. The van der Waals surface area contributed by atoms with E-state index in [2.05, 4.69) is 11.9 Å². The minimum Gasteiger partial charge on any atom is -0.396 e. The van der Waals surface area contributed by atoms with Gasteiger partial charge in [0.05, 0.1) is 0 Å². The molecular weight excluding hydrogens is 126 g/mol. The molecule has 1 spiro atoms. The number of likely N-dealkylation sites (tertiary alicyclic amines) is 1. The number of aliphatic hydroxyl groups excluding tert-OH is 1. The summed E-state index contributed by atoms with van der Waals surface area (Å²) < 4.78 is 0. The Bertz CT molecular complexity index is 148. The van der Waals surface area contributed by atoms with Gasteiger partial charge in [-0.3, -0.25) is 0 Å². The summed E-state index contributed by atoms with van der Waals surface area (Å²) in [5, 5.41) is 8.92. The third-order valence-electron chi connectivity index (χ3n) is 3.28. The van der Waals surface area contributed by atoms with Crippen molar-refractivity contribution in [3.63, 3.8) is 0 Å². The highest BCUT2D eigenvalue weighted by Crippen LogP contribution is 2.53. The van der Waals surface area contributed by atoms with Gasteiger partial charge in [-0.25, -0.2) is 0 Å². The summed E-state index contributed by atoms with van der Waals surface area (Å²) in [6.07, 6.45) is 3.88. The van der Waals surface area contributed by atoms with Crippen LogP contribution in [0.2, 0.25) is 0 Å². The highest BCUT2D eigenvalue weighted by atomic mass is 16.3. The van der Waals surface area contributed by atoms with Gasteiger partial charge in [0.25, 0.3) is 0 Å². The van der Waals surface area contributed by atoms with Crippen molar-refractivity contribution in [2.24, 2.45) is 5.92 Å². The van der Waals surface area contributed by atoms with Crippen LogP contribution in [0.4, 0.5) is 0 Å². The van der Waals surface area contributed by atoms with Gasteiger partial charge in [-0.1, -0.05) is 0 Å². The number of hydrogen-bond donors (Lipinski definition) is 1. The van der Waals surface area contributed by atoms with Crippen molar-refractivity contribution >= 4 is 0 Å². The Morgan fingerprint density at radius 1 is 1.70 bits per heavy atom. The van der Waals surface area contributed by atoms with Gasteiger partial charge in [0.1, 0.15) is 0 Å². The molecule has 0 aromatic carbocycles. The maximum absolute atomic E-state index is 8.92. The number of aliphatic hydroxyl groups is 1. The molecule has 1 aliphatic heterocycles. The molecule has 0 amide bonds. The summed E-state index contributed by atoms with van der Waals surface area (Å²) in [6, 6.07) is 0. The molecule has 2 atom stereocenters. The molecule has 1 saturated heterocycles. The molecule has 0 bridgehead atoms. The average Bonchev–Trinajstić information content (AvgIpc) is 2.52. The molecule has 0 aromatic heterocycles. The molecular formula is C8H15NO. The number of nitrogens with zero attached hydrogens (tertiary/aromatic N) is 1. The molecule has 10 heavy (non-hydrogen) atoms. The third-order valence-corrected chi connectivity index (χ3v) is 3.28. The minimum absolute atomic E-state index is 0.393. The van der Waals surface area contributed by atoms with Crippen LogP contribution in [0, 0.1) is 5.92 Å². The van der Waals surface area contributed by atoms with E-state index < -0.39 is 0 Å². The smallest absolute Gasteiger partial charge is 0.0477 e. The molecule has 2 nitrogen and oxygen atoms in total. The fourth-order valence-electron chi connectivity index (χ4n) is 2.41. The second kappa shape index (κ2) is 1.95. The van der Waals surface area contributed by atoms with E-state index >= 15 is 0 Å². The predicted octanol–water partition coefficient (Wildman–Crippen LogP) is 0.463. The first-order chi connectivity index (χ1) is 4.79. The van der Waals surface area contributed by atoms with Gasteiger partial charge in [0, 0.05) is 18.1 Å². The van der Waals surface area contributed by atoms with Crippen molar-refractivity contribution in [3.05, 3.63) is 0 Å². The van der Waals surface area contributed by atoms with E-state index in [9.17, 15) is 0 Å². The SMILES string of the molecule is CN1CCCC12CC2CO. The summed E-state index contributed by atoms with van der Waals surface area (Å²) in [5.74, 6) is 0.597. The van der Waals surface area contributed by atoms with Crippen molar-refractivity contribution in [2.45, 2.75) is 24.8 Å². The van der Waals surface area contributed by atoms with Gasteiger partial charge in [0.2, 0.25) is 0 Å². The van der Waals surface area contributed by atoms with Gasteiger partial charge < -0.3 is 10.0 Å². The molecule has 58 valence electrons. The highest BCUT2D eigenvalue weighted by Gasteiger charge is 2.57. The Labute approximate surface area is 61.8 Å². The first-order valence-corrected chi connectivity index (χ1v) is 4.12. The molecule has 2 heteroatoms. The average molecular weight is 141 g/mol. The maximum atomic E-state index is 8.92. The van der Waals surface area contributed by atoms with E-state index in [0.29, 0.717) is 18.1 Å². The van der Waals surface area contributed by atoms with Gasteiger partial charge in [-0.2, -0.15) is 0 Å². The summed E-state index contributed by atoms with van der Waals surface area (Å²) in [4.78, 5) is 2.42. The summed E-state index contributed by atoms with van der Waals surface area (Å²) in [6.45, 7) is 1.63. The van der Waals surface area contributed by atoms with E-state index in [4.69, 9.17) is 5.11 Å². The van der Waals surface area contributed by atoms with Crippen molar-refractivity contribution < 1.29 is 5.11 Å². The Kier molecular flexibility index (Phi) is 1.29. The van der Waals surface area contributed by atoms with Crippen molar-refractivity contribution in [2.75, 3.05) is 20.2 Å². The van der Waals surface area contributed by atoms with Gasteiger partial charge in [0.15, 0.2) is 0 Å². The third kappa shape index (κ3) is 0.663. The molecule has 1 saturated carbocycles. The van der Waals surface area contributed by atoms with Crippen LogP contribution < -0.4 is 0 Å². The second-order valence-corrected chi connectivity index (χ2v) is 3.71. The molecule has 1 N–H and O–H groups in total. The monoisotopic (exact) mass is 141 g/mol. The molecule has 2 aliphatic rings. The standard InChI is InChI=1S/C8H15NO/c1-9-4-2-3-8(9)5-7(8)6-10/h7,10H,2-6H2,1H3. The predicted molar refractivity (Wildman–Crippen MR) is 39.8 cm³/mol. The fourth-order valence-corrected chi connectivity index (χ4v) is 2.41. The number of hydrogen-bond acceptors (Lipinski definition) is 2. The zero-order valence-corrected chi connectivity index (χ0v) is 6.51. The number of rotatable bonds is 1. The largest absolute Gasteiger partial charge is 0.396 e. The van der Waals surface area contributed by atoms with Crippen molar-refractivity contribution in [1.82, 2.24) is 4.90 Å². The van der Waals surface area contributed by atoms with Crippen molar-refractivity contribution in [1.29, 1.82) is 0 Å². The van der Waals surface area contributed by atoms with Crippen LogP contribution in [0.5, 0.6) is 0 Å². The van der Waals surface area contributed by atoms with E-state index in [0.717, 1.165) is 0 Å². The second-order valence-electron chi connectivity index (χ2n) is 3.71. The van der Waals surface area contributed by atoms with E-state index in [1.165, 1.54) is 25.8 Å². The normalized spacial score (nSPS) is 46.8. The lowest BCUT2D eigenvalue weighted by Crippen LogP contribution is -2.29. The summed E-state index contributed by atoms with van der Waals surface area (Å²) in [7, 11) is 2.18.